The Morgan fingerprint density at radius 3 is 3.06 bits per heavy atom. The molecule has 1 aliphatic rings. The van der Waals surface area contributed by atoms with Gasteiger partial charge in [-0.3, -0.25) is 0 Å². The van der Waals surface area contributed by atoms with Crippen LogP contribution in [0.25, 0.3) is 22.6 Å². The number of hydrogen-bond donors (Lipinski definition) is 1. The Morgan fingerprint density at radius 2 is 2.24 bits per heavy atom. The van der Waals surface area contributed by atoms with Crippen LogP contribution in [0.5, 0.6) is 0 Å². The summed E-state index contributed by atoms with van der Waals surface area (Å²) >= 11 is 4.38. The Hall–Kier alpha value is -1.41. The normalized spacial score (nSPS) is 14.6. The second-order valence-corrected chi connectivity index (χ2v) is 4.69. The van der Waals surface area contributed by atoms with Crippen LogP contribution in [0.3, 0.4) is 0 Å². The van der Waals surface area contributed by atoms with Gasteiger partial charge in [-0.25, -0.2) is 0 Å². The van der Waals surface area contributed by atoms with Crippen LogP contribution in [-0.4, -0.2) is 5.75 Å². The molecule has 0 amide bonds. The highest BCUT2D eigenvalue weighted by Crippen LogP contribution is 2.34. The van der Waals surface area contributed by atoms with E-state index in [-0.39, 0.29) is 0 Å². The average molecular weight is 242 g/mol. The number of aryl methyl sites for hydroxylation is 1. The van der Waals surface area contributed by atoms with Crippen LogP contribution in [-0.2, 0) is 0 Å². The Balaban J connectivity index is 2.33. The fourth-order valence-corrected chi connectivity index (χ4v) is 2.53. The van der Waals surface area contributed by atoms with Crippen LogP contribution < -0.4 is 0 Å². The van der Waals surface area contributed by atoms with Crippen LogP contribution in [0, 0.1) is 6.92 Å². The first-order valence-electron chi connectivity index (χ1n) is 5.79. The fourth-order valence-electron chi connectivity index (χ4n) is 2.25. The molecule has 2 heteroatoms. The quantitative estimate of drug-likeness (QED) is 0.728. The Kier molecular flexibility index (Phi) is 2.60. The molecule has 0 saturated carbocycles. The molecule has 0 saturated heterocycles. The molecule has 1 aliphatic carbocycles. The number of allylic oxidation sites excluding steroid dienone is 2. The van der Waals surface area contributed by atoms with E-state index in [2.05, 4.69) is 56.0 Å². The van der Waals surface area contributed by atoms with Crippen LogP contribution in [0.4, 0.5) is 0 Å². The lowest BCUT2D eigenvalue weighted by atomic mass is 10.1. The van der Waals surface area contributed by atoms with Gasteiger partial charge < -0.3 is 4.42 Å². The van der Waals surface area contributed by atoms with E-state index in [0.29, 0.717) is 5.75 Å². The minimum atomic E-state index is 0.716. The largest absolute Gasteiger partial charge is 0.456 e. The van der Waals surface area contributed by atoms with E-state index in [1.807, 2.05) is 0 Å². The maximum Gasteiger partial charge on any atom is 0.139 e. The highest BCUT2D eigenvalue weighted by molar-refractivity contribution is 7.80. The molecule has 0 fully saturated rings. The molecule has 0 spiro atoms. The molecule has 0 N–H and O–H groups in total. The third-order valence-corrected chi connectivity index (χ3v) is 3.47. The predicted molar refractivity (Wildman–Crippen MR) is 76.4 cm³/mol. The van der Waals surface area contributed by atoms with Crippen LogP contribution in [0.1, 0.15) is 23.3 Å². The van der Waals surface area contributed by atoms with Crippen molar-refractivity contribution in [2.75, 3.05) is 5.75 Å². The van der Waals surface area contributed by atoms with Crippen LogP contribution >= 0.6 is 12.6 Å². The number of benzene rings is 1. The lowest BCUT2D eigenvalue weighted by Crippen LogP contribution is -1.84. The molecule has 0 aliphatic heterocycles. The zero-order chi connectivity index (χ0) is 11.8. The molecule has 0 bridgehead atoms. The molecular formula is C15H14OS. The van der Waals surface area contributed by atoms with E-state index >= 15 is 0 Å². The van der Waals surface area contributed by atoms with Gasteiger partial charge in [-0.1, -0.05) is 30.4 Å². The molecule has 2 aromatic rings. The van der Waals surface area contributed by atoms with Crippen molar-refractivity contribution in [3.05, 3.63) is 47.2 Å². The predicted octanol–water partition coefficient (Wildman–Crippen LogP) is 4.47. The van der Waals surface area contributed by atoms with Gasteiger partial charge in [-0.2, -0.15) is 12.6 Å². The van der Waals surface area contributed by atoms with E-state index in [4.69, 9.17) is 4.42 Å². The lowest BCUT2D eigenvalue weighted by Gasteiger charge is -1.99. The number of rotatable bonds is 1. The molecule has 0 atom stereocenters. The summed E-state index contributed by atoms with van der Waals surface area (Å²) in [5.41, 5.74) is 4.57. The van der Waals surface area contributed by atoms with Crippen LogP contribution in [0.2, 0.25) is 0 Å². The van der Waals surface area contributed by atoms with Gasteiger partial charge in [0, 0.05) is 22.3 Å². The van der Waals surface area contributed by atoms with E-state index in [0.717, 1.165) is 17.8 Å². The monoisotopic (exact) mass is 242 g/mol. The van der Waals surface area contributed by atoms with E-state index < -0.39 is 0 Å². The van der Waals surface area contributed by atoms with E-state index in [9.17, 15) is 0 Å². The molecule has 86 valence electrons. The average Bonchev–Trinajstić information content (AvgIpc) is 2.54. The summed E-state index contributed by atoms with van der Waals surface area (Å²) in [5.74, 6) is 1.70. The van der Waals surface area contributed by atoms with Gasteiger partial charge in [-0.15, -0.1) is 0 Å². The van der Waals surface area contributed by atoms with Crippen molar-refractivity contribution in [1.82, 2.24) is 0 Å². The first-order valence-corrected chi connectivity index (χ1v) is 6.43. The SMILES string of the molecule is Cc1ccc2c3c(oc2c1)C(CS)=CCC=C3. The minimum Gasteiger partial charge on any atom is -0.456 e. The topological polar surface area (TPSA) is 13.1 Å². The standard InChI is InChI=1S/C15H14OS/c1-10-6-7-12-13-5-3-2-4-11(9-17)15(13)16-14(12)8-10/h3-8,17H,2,9H2,1H3. The summed E-state index contributed by atoms with van der Waals surface area (Å²) in [7, 11) is 0. The second kappa shape index (κ2) is 4.11. The van der Waals surface area contributed by atoms with E-state index in [1.165, 1.54) is 22.1 Å². The van der Waals surface area contributed by atoms with Crippen molar-refractivity contribution in [2.24, 2.45) is 0 Å². The fraction of sp³-hybridized carbons (Fsp3) is 0.200. The highest BCUT2D eigenvalue weighted by atomic mass is 32.1. The highest BCUT2D eigenvalue weighted by Gasteiger charge is 2.16. The minimum absolute atomic E-state index is 0.716. The lowest BCUT2D eigenvalue weighted by molar-refractivity contribution is 0.598. The van der Waals surface area contributed by atoms with E-state index in [1.54, 1.807) is 0 Å². The molecule has 1 heterocycles. The summed E-state index contributed by atoms with van der Waals surface area (Å²) in [5, 5.41) is 1.19. The van der Waals surface area contributed by atoms with Crippen molar-refractivity contribution in [2.45, 2.75) is 13.3 Å². The van der Waals surface area contributed by atoms with Gasteiger partial charge in [0.15, 0.2) is 0 Å². The third-order valence-electron chi connectivity index (χ3n) is 3.13. The van der Waals surface area contributed by atoms with Gasteiger partial charge in [0.1, 0.15) is 11.3 Å². The van der Waals surface area contributed by atoms with Gasteiger partial charge in [0.2, 0.25) is 0 Å². The zero-order valence-corrected chi connectivity index (χ0v) is 10.6. The summed E-state index contributed by atoms with van der Waals surface area (Å²) in [6.07, 6.45) is 7.46. The summed E-state index contributed by atoms with van der Waals surface area (Å²) in [6, 6.07) is 6.35. The van der Waals surface area contributed by atoms with Gasteiger partial charge in [-0.05, 0) is 25.0 Å². The molecule has 17 heavy (non-hydrogen) atoms. The van der Waals surface area contributed by atoms with Gasteiger partial charge >= 0.3 is 0 Å². The Labute approximate surface area is 106 Å². The Morgan fingerprint density at radius 1 is 1.35 bits per heavy atom. The summed E-state index contributed by atoms with van der Waals surface area (Å²) in [6.45, 7) is 2.08. The van der Waals surface area contributed by atoms with Crippen molar-refractivity contribution < 1.29 is 4.42 Å². The smallest absolute Gasteiger partial charge is 0.139 e. The maximum absolute atomic E-state index is 5.99. The molecule has 0 unspecified atom stereocenters. The number of fused-ring (bicyclic) bond motifs is 3. The number of furan rings is 1. The molecule has 1 aromatic carbocycles. The van der Waals surface area contributed by atoms with Crippen LogP contribution in [0.15, 0.2) is 34.8 Å². The first-order chi connectivity index (χ1) is 8.29. The third kappa shape index (κ3) is 1.73. The molecular weight excluding hydrogens is 228 g/mol. The molecule has 3 rings (SSSR count). The van der Waals surface area contributed by atoms with Crippen molar-refractivity contribution in [3.63, 3.8) is 0 Å². The second-order valence-electron chi connectivity index (χ2n) is 4.37. The first kappa shape index (κ1) is 10.7. The summed E-state index contributed by atoms with van der Waals surface area (Å²) in [4.78, 5) is 0. The molecule has 0 radical (unpaired) electrons. The van der Waals surface area contributed by atoms with Gasteiger partial charge in [0.25, 0.3) is 0 Å². The molecule has 1 aromatic heterocycles. The Bertz CT molecular complexity index is 632. The molecule has 1 nitrogen and oxygen atoms in total. The number of hydrogen-bond acceptors (Lipinski definition) is 2. The van der Waals surface area contributed by atoms with Crippen molar-refractivity contribution in [1.29, 1.82) is 0 Å². The maximum atomic E-state index is 5.99. The van der Waals surface area contributed by atoms with Gasteiger partial charge in [0.05, 0.1) is 0 Å². The van der Waals surface area contributed by atoms with Crippen molar-refractivity contribution in [3.8, 4) is 0 Å². The summed E-state index contributed by atoms with van der Waals surface area (Å²) < 4.78 is 5.99. The zero-order valence-electron chi connectivity index (χ0n) is 9.73. The van der Waals surface area contributed by atoms with Crippen molar-refractivity contribution >= 4 is 35.2 Å². The number of thiol groups is 1.